The number of amides is 2. The number of nitrogens with one attached hydrogen (secondary N) is 2. The maximum absolute atomic E-state index is 12.6. The molecule has 0 bridgehead atoms. The molecule has 11 nitrogen and oxygen atoms in total. The van der Waals surface area contributed by atoms with E-state index in [1.807, 2.05) is 71.3 Å². The quantitative estimate of drug-likeness (QED) is 0.165. The summed E-state index contributed by atoms with van der Waals surface area (Å²) in [6.45, 7) is 1.75. The number of aromatic nitrogens is 4. The van der Waals surface area contributed by atoms with Crippen molar-refractivity contribution in [2.75, 3.05) is 11.1 Å². The van der Waals surface area contributed by atoms with Gasteiger partial charge in [-0.05, 0) is 71.8 Å². The van der Waals surface area contributed by atoms with Crippen molar-refractivity contribution < 1.29 is 19.5 Å². The van der Waals surface area contributed by atoms with E-state index in [-0.39, 0.29) is 36.1 Å². The van der Waals surface area contributed by atoms with Crippen molar-refractivity contribution in [3.63, 3.8) is 0 Å². The van der Waals surface area contributed by atoms with Gasteiger partial charge in [0.1, 0.15) is 17.1 Å². The monoisotopic (exact) mass is 611 g/mol. The predicted octanol–water partition coefficient (Wildman–Crippen LogP) is 5.07. The molecule has 3 heterocycles. The lowest BCUT2D eigenvalue weighted by Gasteiger charge is -2.12. The van der Waals surface area contributed by atoms with Gasteiger partial charge in [-0.1, -0.05) is 30.3 Å². The molecule has 11 heteroatoms. The molecule has 0 radical (unpaired) electrons. The Kier molecular flexibility index (Phi) is 8.20. The number of nitrogens with two attached hydrogens (primary N) is 1. The molecule has 6 aromatic rings. The Bertz CT molecular complexity index is 2110. The molecule has 0 aliphatic heterocycles. The lowest BCUT2D eigenvalue weighted by molar-refractivity contribution is -0.120. The molecule has 0 aliphatic carbocycles. The maximum Gasteiger partial charge on any atom is 0.224 e. The van der Waals surface area contributed by atoms with Crippen molar-refractivity contribution in [3.05, 3.63) is 114 Å². The summed E-state index contributed by atoms with van der Waals surface area (Å²) in [5.74, 6) is 0.357. The summed E-state index contributed by atoms with van der Waals surface area (Å²) in [6.07, 6.45) is 2.24. The van der Waals surface area contributed by atoms with Crippen LogP contribution in [0.5, 0.6) is 5.75 Å². The zero-order chi connectivity index (χ0) is 32.2. The highest BCUT2D eigenvalue weighted by atomic mass is 16.3. The van der Waals surface area contributed by atoms with E-state index in [0.29, 0.717) is 51.6 Å². The number of aromatic hydroxyl groups is 1. The van der Waals surface area contributed by atoms with E-state index in [2.05, 4.69) is 15.6 Å². The number of carbonyl (C=O) groups excluding carboxylic acids is 3. The molecule has 0 saturated carbocycles. The van der Waals surface area contributed by atoms with E-state index in [1.165, 1.54) is 19.1 Å². The lowest BCUT2D eigenvalue weighted by Crippen LogP contribution is -2.24. The Morgan fingerprint density at radius 1 is 0.935 bits per heavy atom. The predicted molar refractivity (Wildman–Crippen MR) is 175 cm³/mol. The first-order valence-electron chi connectivity index (χ1n) is 14.4. The fourth-order valence-corrected chi connectivity index (χ4v) is 5.12. The second kappa shape index (κ2) is 12.7. The van der Waals surface area contributed by atoms with E-state index in [4.69, 9.17) is 15.7 Å². The summed E-state index contributed by atoms with van der Waals surface area (Å²) < 4.78 is 1.92. The van der Waals surface area contributed by atoms with Crippen LogP contribution in [0.25, 0.3) is 39.5 Å². The van der Waals surface area contributed by atoms with Crippen LogP contribution in [0.3, 0.4) is 0 Å². The van der Waals surface area contributed by atoms with Gasteiger partial charge in [0.05, 0.1) is 23.2 Å². The Morgan fingerprint density at radius 2 is 1.74 bits per heavy atom. The fraction of sp³-hybridized carbons (Fsp3) is 0.0857. The first-order chi connectivity index (χ1) is 22.3. The van der Waals surface area contributed by atoms with Crippen molar-refractivity contribution in [1.29, 1.82) is 0 Å². The Hall–Kier alpha value is -6.36. The number of imidazole rings is 1. The van der Waals surface area contributed by atoms with Crippen LogP contribution in [0.2, 0.25) is 0 Å². The van der Waals surface area contributed by atoms with Crippen LogP contribution in [0.15, 0.2) is 97.2 Å². The standard InChI is InChI=1S/C35H29N7O4/c1-21(44)39-26-5-2-4-24(18-26)29-13-14-30-35(40-29)42(34(41-30)28-6-3-15-37-33(28)36)27-11-8-22(9-12-27)19-38-32(46)17-23-7-10-25(20-43)31(45)16-23/h2-16,18,20,45H,17,19H2,1H3,(H2,36,37)(H,38,46)(H,39,44). The van der Waals surface area contributed by atoms with Crippen molar-refractivity contribution in [2.45, 2.75) is 19.9 Å². The van der Waals surface area contributed by atoms with Crippen LogP contribution in [0.4, 0.5) is 11.5 Å². The number of nitrogens with zero attached hydrogens (tertiary/aromatic N) is 4. The van der Waals surface area contributed by atoms with Gasteiger partial charge in [0, 0.05) is 36.6 Å². The maximum atomic E-state index is 12.6. The average Bonchev–Trinajstić information content (AvgIpc) is 3.43. The lowest BCUT2D eigenvalue weighted by atomic mass is 10.1. The minimum Gasteiger partial charge on any atom is -0.507 e. The second-order valence-corrected chi connectivity index (χ2v) is 10.6. The highest BCUT2D eigenvalue weighted by molar-refractivity contribution is 5.90. The van der Waals surface area contributed by atoms with Crippen LogP contribution in [0, 0.1) is 0 Å². The Balaban J connectivity index is 1.31. The summed E-state index contributed by atoms with van der Waals surface area (Å²) in [7, 11) is 0. The highest BCUT2D eigenvalue weighted by Crippen LogP contribution is 2.32. The third-order valence-electron chi connectivity index (χ3n) is 7.33. The van der Waals surface area contributed by atoms with Crippen LogP contribution in [0.1, 0.15) is 28.4 Å². The number of benzene rings is 3. The average molecular weight is 612 g/mol. The molecule has 228 valence electrons. The number of phenols is 1. The van der Waals surface area contributed by atoms with Crippen molar-refractivity contribution in [2.24, 2.45) is 0 Å². The molecule has 3 aromatic carbocycles. The zero-order valence-electron chi connectivity index (χ0n) is 24.8. The minimum atomic E-state index is -0.225. The van der Waals surface area contributed by atoms with Gasteiger partial charge < -0.3 is 21.5 Å². The molecular formula is C35H29N7O4. The molecule has 0 atom stereocenters. The molecule has 0 saturated heterocycles. The number of pyridine rings is 2. The van der Waals surface area contributed by atoms with Gasteiger partial charge in [-0.2, -0.15) is 0 Å². The molecule has 2 amide bonds. The molecule has 0 unspecified atom stereocenters. The van der Waals surface area contributed by atoms with Gasteiger partial charge in [-0.25, -0.2) is 15.0 Å². The molecule has 0 aliphatic rings. The Morgan fingerprint density at radius 3 is 2.48 bits per heavy atom. The van der Waals surface area contributed by atoms with Crippen LogP contribution in [-0.2, 0) is 22.6 Å². The van der Waals surface area contributed by atoms with Crippen LogP contribution in [-0.4, -0.2) is 42.7 Å². The molecular weight excluding hydrogens is 582 g/mol. The number of hydrogen-bond donors (Lipinski definition) is 4. The van der Waals surface area contributed by atoms with Gasteiger partial charge in [0.15, 0.2) is 17.8 Å². The molecule has 6 rings (SSSR count). The number of fused-ring (bicyclic) bond motifs is 1. The van der Waals surface area contributed by atoms with E-state index in [1.54, 1.807) is 18.3 Å². The van der Waals surface area contributed by atoms with E-state index in [0.717, 1.165) is 16.8 Å². The second-order valence-electron chi connectivity index (χ2n) is 10.6. The normalized spacial score (nSPS) is 10.9. The van der Waals surface area contributed by atoms with Crippen molar-refractivity contribution in [3.8, 4) is 34.1 Å². The Labute approximate surface area is 263 Å². The summed E-state index contributed by atoms with van der Waals surface area (Å²) in [5.41, 5.74) is 12.8. The van der Waals surface area contributed by atoms with E-state index < -0.39 is 0 Å². The number of nitrogen functional groups attached to an aromatic ring is 1. The zero-order valence-corrected chi connectivity index (χ0v) is 24.8. The number of hydrogen-bond acceptors (Lipinski definition) is 8. The van der Waals surface area contributed by atoms with Gasteiger partial charge in [0.2, 0.25) is 11.8 Å². The molecule has 5 N–H and O–H groups in total. The van der Waals surface area contributed by atoms with E-state index in [9.17, 15) is 19.5 Å². The molecule has 3 aromatic heterocycles. The number of aldehydes is 1. The minimum absolute atomic E-state index is 0.0590. The largest absolute Gasteiger partial charge is 0.507 e. The number of phenolic OH excluding ortho intramolecular Hbond substituents is 1. The van der Waals surface area contributed by atoms with Gasteiger partial charge in [-0.3, -0.25) is 19.0 Å². The number of carbonyl (C=O) groups is 3. The number of rotatable bonds is 9. The van der Waals surface area contributed by atoms with Crippen molar-refractivity contribution >= 4 is 40.8 Å². The van der Waals surface area contributed by atoms with Gasteiger partial charge in [-0.15, -0.1) is 0 Å². The third kappa shape index (κ3) is 6.29. The smallest absolute Gasteiger partial charge is 0.224 e. The molecule has 0 spiro atoms. The van der Waals surface area contributed by atoms with Crippen molar-refractivity contribution in [1.82, 2.24) is 24.8 Å². The van der Waals surface area contributed by atoms with Gasteiger partial charge in [0.25, 0.3) is 0 Å². The van der Waals surface area contributed by atoms with Crippen LogP contribution >= 0.6 is 0 Å². The van der Waals surface area contributed by atoms with E-state index >= 15 is 0 Å². The topological polar surface area (TPSA) is 165 Å². The SMILES string of the molecule is CC(=O)Nc1cccc(-c2ccc3nc(-c4cccnc4N)n(-c4ccc(CNC(=O)Cc5ccc(C=O)c(O)c5)cc4)c3n2)c1. The highest BCUT2D eigenvalue weighted by Gasteiger charge is 2.19. The summed E-state index contributed by atoms with van der Waals surface area (Å²) in [5, 5.41) is 15.6. The molecule has 0 fully saturated rings. The van der Waals surface area contributed by atoms with Crippen LogP contribution < -0.4 is 16.4 Å². The third-order valence-corrected chi connectivity index (χ3v) is 7.33. The summed E-state index contributed by atoms with van der Waals surface area (Å²) in [6, 6.07) is 27.1. The molecule has 46 heavy (non-hydrogen) atoms. The fourth-order valence-electron chi connectivity index (χ4n) is 5.12. The number of anilines is 2. The summed E-state index contributed by atoms with van der Waals surface area (Å²) in [4.78, 5) is 49.3. The first-order valence-corrected chi connectivity index (χ1v) is 14.4. The van der Waals surface area contributed by atoms with Gasteiger partial charge >= 0.3 is 0 Å². The summed E-state index contributed by atoms with van der Waals surface area (Å²) >= 11 is 0. The first kappa shape index (κ1) is 29.7.